The summed E-state index contributed by atoms with van der Waals surface area (Å²) >= 11 is 0. The van der Waals surface area contributed by atoms with Gasteiger partial charge in [-0.3, -0.25) is 5.10 Å². The molecule has 0 aliphatic rings. The summed E-state index contributed by atoms with van der Waals surface area (Å²) < 4.78 is 24.2. The van der Waals surface area contributed by atoms with Crippen molar-refractivity contribution in [1.82, 2.24) is 10.2 Å². The van der Waals surface area contributed by atoms with Crippen molar-refractivity contribution in [2.45, 2.75) is 13.1 Å². The van der Waals surface area contributed by atoms with E-state index in [2.05, 4.69) is 10.2 Å². The Kier molecular flexibility index (Phi) is 3.59. The van der Waals surface area contributed by atoms with Crippen LogP contribution < -0.4 is 15.2 Å². The maximum atomic E-state index is 13.8. The maximum absolute atomic E-state index is 13.8. The van der Waals surface area contributed by atoms with Crippen molar-refractivity contribution < 1.29 is 13.9 Å². The first-order valence-corrected chi connectivity index (χ1v) is 5.77. The predicted octanol–water partition coefficient (Wildman–Crippen LogP) is 2.71. The molecule has 19 heavy (non-hydrogen) atoms. The number of methoxy groups -OCH3 is 2. The van der Waals surface area contributed by atoms with Crippen LogP contribution in [0.1, 0.15) is 18.7 Å². The molecule has 1 aromatic heterocycles. The zero-order chi connectivity index (χ0) is 14.0. The third-order valence-corrected chi connectivity index (χ3v) is 2.94. The van der Waals surface area contributed by atoms with E-state index in [1.54, 1.807) is 18.3 Å². The lowest BCUT2D eigenvalue weighted by Crippen LogP contribution is -1.98. The van der Waals surface area contributed by atoms with Crippen molar-refractivity contribution in [3.63, 3.8) is 0 Å². The molecule has 0 saturated carbocycles. The van der Waals surface area contributed by atoms with Crippen molar-refractivity contribution in [1.29, 1.82) is 0 Å². The van der Waals surface area contributed by atoms with E-state index >= 15 is 0 Å². The lowest BCUT2D eigenvalue weighted by Gasteiger charge is -2.15. The van der Waals surface area contributed by atoms with E-state index < -0.39 is 6.17 Å². The van der Waals surface area contributed by atoms with Gasteiger partial charge in [-0.15, -0.1) is 0 Å². The van der Waals surface area contributed by atoms with Gasteiger partial charge in [0.1, 0.15) is 12.0 Å². The minimum absolute atomic E-state index is 0.383. The molecule has 2 rings (SSSR count). The van der Waals surface area contributed by atoms with Gasteiger partial charge in [0.2, 0.25) is 0 Å². The Labute approximate surface area is 110 Å². The van der Waals surface area contributed by atoms with Crippen LogP contribution in [0, 0.1) is 0 Å². The van der Waals surface area contributed by atoms with Gasteiger partial charge in [0, 0.05) is 5.56 Å². The second-order valence-electron chi connectivity index (χ2n) is 4.11. The van der Waals surface area contributed by atoms with Crippen molar-refractivity contribution in [2.75, 3.05) is 20.0 Å². The molecule has 0 aliphatic carbocycles. The lowest BCUT2D eigenvalue weighted by atomic mass is 9.98. The highest BCUT2D eigenvalue weighted by molar-refractivity contribution is 5.78. The Morgan fingerprint density at radius 3 is 2.32 bits per heavy atom. The molecule has 1 heterocycles. The number of rotatable bonds is 4. The minimum atomic E-state index is -1.16. The van der Waals surface area contributed by atoms with Crippen LogP contribution in [-0.2, 0) is 0 Å². The SMILES string of the molecule is COc1cc(-c2cn[nH]c2N)c(C(C)F)cc1OC. The Morgan fingerprint density at radius 2 is 1.84 bits per heavy atom. The highest BCUT2D eigenvalue weighted by Crippen LogP contribution is 2.40. The van der Waals surface area contributed by atoms with E-state index in [4.69, 9.17) is 15.2 Å². The number of benzene rings is 1. The minimum Gasteiger partial charge on any atom is -0.493 e. The highest BCUT2D eigenvalue weighted by Gasteiger charge is 2.19. The van der Waals surface area contributed by atoms with Gasteiger partial charge in [-0.1, -0.05) is 0 Å². The molecule has 0 bridgehead atoms. The lowest BCUT2D eigenvalue weighted by molar-refractivity contribution is 0.347. The van der Waals surface area contributed by atoms with Gasteiger partial charge in [0.15, 0.2) is 11.5 Å². The number of H-pyrrole nitrogens is 1. The van der Waals surface area contributed by atoms with E-state index in [1.165, 1.54) is 21.1 Å². The van der Waals surface area contributed by atoms with Gasteiger partial charge in [-0.05, 0) is 30.2 Å². The number of aromatic amines is 1. The standard InChI is InChI=1S/C13H16FN3O2/c1-7(14)8-4-11(18-2)12(19-3)5-9(8)10-6-16-17-13(10)15/h4-7H,1-3H3,(H3,15,16,17). The summed E-state index contributed by atoms with van der Waals surface area (Å²) in [5, 5.41) is 6.48. The third kappa shape index (κ3) is 2.33. The molecule has 0 spiro atoms. The zero-order valence-corrected chi connectivity index (χ0v) is 11.0. The van der Waals surface area contributed by atoms with Crippen LogP contribution in [0.4, 0.5) is 10.2 Å². The smallest absolute Gasteiger partial charge is 0.161 e. The van der Waals surface area contributed by atoms with Crippen LogP contribution in [0.25, 0.3) is 11.1 Å². The monoisotopic (exact) mass is 265 g/mol. The number of nitrogen functional groups attached to an aromatic ring is 1. The van der Waals surface area contributed by atoms with Gasteiger partial charge in [-0.25, -0.2) is 4.39 Å². The number of aromatic nitrogens is 2. The summed E-state index contributed by atoms with van der Waals surface area (Å²) in [5.74, 6) is 1.38. The number of ether oxygens (including phenoxy) is 2. The molecule has 0 saturated heterocycles. The molecule has 1 unspecified atom stereocenters. The van der Waals surface area contributed by atoms with Crippen LogP contribution in [0.5, 0.6) is 11.5 Å². The number of hydrogen-bond acceptors (Lipinski definition) is 4. The van der Waals surface area contributed by atoms with Crippen molar-refractivity contribution >= 4 is 5.82 Å². The fourth-order valence-electron chi connectivity index (χ4n) is 1.97. The Bertz CT molecular complexity index is 581. The van der Waals surface area contributed by atoms with Crippen molar-refractivity contribution in [2.24, 2.45) is 0 Å². The molecule has 3 N–H and O–H groups in total. The Hall–Kier alpha value is -2.24. The fraction of sp³-hybridized carbons (Fsp3) is 0.308. The first kappa shape index (κ1) is 13.2. The van der Waals surface area contributed by atoms with Crippen LogP contribution in [0.3, 0.4) is 0 Å². The quantitative estimate of drug-likeness (QED) is 0.891. The maximum Gasteiger partial charge on any atom is 0.161 e. The van der Waals surface area contributed by atoms with Crippen LogP contribution in [0.15, 0.2) is 18.3 Å². The summed E-state index contributed by atoms with van der Waals surface area (Å²) in [7, 11) is 3.04. The first-order valence-electron chi connectivity index (χ1n) is 5.77. The van der Waals surface area contributed by atoms with Crippen LogP contribution in [0.2, 0.25) is 0 Å². The molecule has 5 nitrogen and oxygen atoms in total. The third-order valence-electron chi connectivity index (χ3n) is 2.94. The van der Waals surface area contributed by atoms with Crippen LogP contribution in [-0.4, -0.2) is 24.4 Å². The molecule has 102 valence electrons. The second-order valence-corrected chi connectivity index (χ2v) is 4.11. The first-order chi connectivity index (χ1) is 9.08. The summed E-state index contributed by atoms with van der Waals surface area (Å²) in [6, 6.07) is 3.32. The number of alkyl halides is 1. The van der Waals surface area contributed by atoms with E-state index in [0.717, 1.165) is 0 Å². The topological polar surface area (TPSA) is 73.2 Å². The average molecular weight is 265 g/mol. The number of nitrogens with one attached hydrogen (secondary N) is 1. The number of nitrogens with two attached hydrogens (primary N) is 1. The van der Waals surface area contributed by atoms with E-state index in [-0.39, 0.29) is 0 Å². The molecule has 2 aromatic rings. The summed E-state index contributed by atoms with van der Waals surface area (Å²) in [6.07, 6.45) is 0.395. The molecule has 6 heteroatoms. The molecule has 0 aliphatic heterocycles. The molecule has 0 amide bonds. The van der Waals surface area contributed by atoms with Crippen molar-refractivity contribution in [3.05, 3.63) is 23.9 Å². The predicted molar refractivity (Wildman–Crippen MR) is 71.1 cm³/mol. The van der Waals surface area contributed by atoms with Gasteiger partial charge in [-0.2, -0.15) is 5.10 Å². The van der Waals surface area contributed by atoms with E-state index in [1.807, 2.05) is 0 Å². The number of anilines is 1. The Morgan fingerprint density at radius 1 is 1.21 bits per heavy atom. The van der Waals surface area contributed by atoms with Gasteiger partial charge in [0.25, 0.3) is 0 Å². The van der Waals surface area contributed by atoms with Gasteiger partial charge in [0.05, 0.1) is 20.4 Å². The molecular weight excluding hydrogens is 249 g/mol. The normalized spacial score (nSPS) is 12.2. The average Bonchev–Trinajstić information content (AvgIpc) is 2.83. The molecule has 1 aromatic carbocycles. The summed E-state index contributed by atoms with van der Waals surface area (Å²) in [6.45, 7) is 1.46. The Balaban J connectivity index is 2.68. The number of nitrogens with zero attached hydrogens (tertiary/aromatic N) is 1. The second kappa shape index (κ2) is 5.17. The van der Waals surface area contributed by atoms with E-state index in [0.29, 0.717) is 34.0 Å². The van der Waals surface area contributed by atoms with Crippen LogP contribution >= 0.6 is 0 Å². The molecule has 0 radical (unpaired) electrons. The largest absolute Gasteiger partial charge is 0.493 e. The number of hydrogen-bond donors (Lipinski definition) is 2. The molecular formula is C13H16FN3O2. The zero-order valence-electron chi connectivity index (χ0n) is 11.0. The van der Waals surface area contributed by atoms with Gasteiger partial charge < -0.3 is 15.2 Å². The van der Waals surface area contributed by atoms with Crippen molar-refractivity contribution in [3.8, 4) is 22.6 Å². The molecule has 1 atom stereocenters. The van der Waals surface area contributed by atoms with Gasteiger partial charge >= 0.3 is 0 Å². The fourth-order valence-corrected chi connectivity index (χ4v) is 1.97. The molecule has 0 fully saturated rings. The summed E-state index contributed by atoms with van der Waals surface area (Å²) in [5.41, 5.74) is 7.55. The van der Waals surface area contributed by atoms with E-state index in [9.17, 15) is 4.39 Å². The highest BCUT2D eigenvalue weighted by atomic mass is 19.1. The summed E-state index contributed by atoms with van der Waals surface area (Å²) in [4.78, 5) is 0. The number of halogens is 1.